The van der Waals surface area contributed by atoms with E-state index in [9.17, 15) is 19.2 Å². The molecule has 220 valence electrons. The van der Waals surface area contributed by atoms with Crippen LogP contribution >= 0.6 is 0 Å². The van der Waals surface area contributed by atoms with Crippen molar-refractivity contribution in [2.24, 2.45) is 0 Å². The molecule has 0 atom stereocenters. The van der Waals surface area contributed by atoms with E-state index in [1.807, 2.05) is 13.8 Å². The van der Waals surface area contributed by atoms with Crippen molar-refractivity contribution in [3.63, 3.8) is 0 Å². The third-order valence-corrected chi connectivity index (χ3v) is 7.04. The molecule has 2 N–H and O–H groups in total. The minimum absolute atomic E-state index is 0.00910. The van der Waals surface area contributed by atoms with E-state index in [-0.39, 0.29) is 22.3 Å². The Hall–Kier alpha value is -4.60. The predicted octanol–water partition coefficient (Wildman–Crippen LogP) is 4.16. The van der Waals surface area contributed by atoms with Gasteiger partial charge in [0.25, 0.3) is 0 Å². The summed E-state index contributed by atoms with van der Waals surface area (Å²) in [6, 6.07) is 10.5. The zero-order valence-corrected chi connectivity index (χ0v) is 23.8. The topological polar surface area (TPSA) is 137 Å². The molecular formula is C32H34N2O8. The number of carbonyl (C=O) groups excluding carboxylic acids is 2. The van der Waals surface area contributed by atoms with Gasteiger partial charge in [0.15, 0.2) is 0 Å². The Kier molecular flexibility index (Phi) is 8.90. The second-order valence-corrected chi connectivity index (χ2v) is 10.2. The smallest absolute Gasteiger partial charge is 0.345 e. The van der Waals surface area contributed by atoms with E-state index in [1.165, 1.54) is 0 Å². The number of rotatable bonds is 14. The Labute approximate surface area is 240 Å². The Morgan fingerprint density at radius 2 is 1.10 bits per heavy atom. The number of fused-ring (bicyclic) bond motifs is 6. The van der Waals surface area contributed by atoms with Crippen molar-refractivity contribution in [1.29, 1.82) is 0 Å². The fraction of sp³-hybridized carbons (Fsp3) is 0.375. The first kappa shape index (κ1) is 28.9. The van der Waals surface area contributed by atoms with Crippen molar-refractivity contribution in [3.8, 4) is 11.5 Å². The van der Waals surface area contributed by atoms with Gasteiger partial charge in [-0.3, -0.25) is 9.59 Å². The second-order valence-electron chi connectivity index (χ2n) is 10.2. The van der Waals surface area contributed by atoms with E-state index in [2.05, 4.69) is 10.6 Å². The van der Waals surface area contributed by atoms with E-state index in [1.54, 1.807) is 36.4 Å². The fourth-order valence-electron chi connectivity index (χ4n) is 5.00. The number of amides is 2. The Bertz CT molecular complexity index is 1820. The van der Waals surface area contributed by atoms with Crippen LogP contribution in [0.1, 0.15) is 52.4 Å². The van der Waals surface area contributed by atoms with Crippen molar-refractivity contribution in [2.75, 3.05) is 26.3 Å². The molecule has 4 aromatic rings. The van der Waals surface area contributed by atoms with Gasteiger partial charge >= 0.3 is 11.3 Å². The van der Waals surface area contributed by atoms with Gasteiger partial charge in [-0.05, 0) is 49.9 Å². The molecule has 0 radical (unpaired) electrons. The lowest BCUT2D eigenvalue weighted by Gasteiger charge is -2.11. The number of benzene rings is 2. The van der Waals surface area contributed by atoms with E-state index in [4.69, 9.17) is 18.3 Å². The summed E-state index contributed by atoms with van der Waals surface area (Å²) in [5.74, 6) is 1.01. The molecular weight excluding hydrogens is 540 g/mol. The van der Waals surface area contributed by atoms with Crippen LogP contribution < -0.4 is 31.4 Å². The van der Waals surface area contributed by atoms with Gasteiger partial charge in [-0.2, -0.15) is 0 Å². The fourth-order valence-corrected chi connectivity index (χ4v) is 5.00. The highest BCUT2D eigenvalue weighted by Gasteiger charge is 2.19. The lowest BCUT2D eigenvalue weighted by atomic mass is 9.98. The lowest BCUT2D eigenvalue weighted by molar-refractivity contribution is -0.122. The normalized spacial score (nSPS) is 11.5. The average molecular weight is 575 g/mol. The first-order chi connectivity index (χ1) is 20.4. The zero-order chi connectivity index (χ0) is 29.6. The molecule has 0 aliphatic heterocycles. The van der Waals surface area contributed by atoms with E-state index >= 15 is 0 Å². The third kappa shape index (κ3) is 6.02. The van der Waals surface area contributed by atoms with Crippen molar-refractivity contribution < 1.29 is 27.9 Å². The summed E-state index contributed by atoms with van der Waals surface area (Å²) in [7, 11) is 0. The molecule has 0 bridgehead atoms. The van der Waals surface area contributed by atoms with Crippen molar-refractivity contribution in [3.05, 3.63) is 78.1 Å². The van der Waals surface area contributed by atoms with Crippen molar-refractivity contribution in [1.82, 2.24) is 10.6 Å². The van der Waals surface area contributed by atoms with Crippen LogP contribution in [-0.2, 0) is 9.59 Å². The zero-order valence-electron chi connectivity index (χ0n) is 23.8. The first-order valence-electron chi connectivity index (χ1n) is 14.4. The standard InChI is InChI=1S/C32H34N2O8/c1-3-13-33-25(35)7-5-15-39-19-9-11-21-23(17-19)41-31(37)29-27(21)28-22-12-10-20(18-24(22)42-32(38)30(28)29)40-16-6-8-26(36)34-14-4-2/h9-12,17-18H,3-8,13-16H2,1-2H3,(H,33,35)(H,34,36). The van der Waals surface area contributed by atoms with Crippen LogP contribution in [0.5, 0.6) is 11.5 Å². The molecule has 2 aromatic heterocycles. The summed E-state index contributed by atoms with van der Waals surface area (Å²) in [5.41, 5.74) is -0.563. The molecule has 1 aliphatic carbocycles. The molecule has 2 amide bonds. The molecule has 0 fully saturated rings. The summed E-state index contributed by atoms with van der Waals surface area (Å²) >= 11 is 0. The van der Waals surface area contributed by atoms with Gasteiger partial charge in [0.1, 0.15) is 22.7 Å². The van der Waals surface area contributed by atoms with Crippen LogP contribution in [0, 0.1) is 20.9 Å². The largest absolute Gasteiger partial charge is 0.493 e. The number of hydrogen-bond donors (Lipinski definition) is 2. The quantitative estimate of drug-likeness (QED) is 0.149. The van der Waals surface area contributed by atoms with Crippen LogP contribution in [0.15, 0.2) is 54.8 Å². The molecule has 2 aromatic carbocycles. The Morgan fingerprint density at radius 1 is 0.667 bits per heavy atom. The highest BCUT2D eigenvalue weighted by molar-refractivity contribution is 5.85. The van der Waals surface area contributed by atoms with Crippen LogP contribution in [0.3, 0.4) is 0 Å². The first-order valence-corrected chi connectivity index (χ1v) is 14.4. The highest BCUT2D eigenvalue weighted by atomic mass is 16.5. The maximum absolute atomic E-state index is 12.9. The molecule has 5 rings (SSSR count). The number of nitrogens with one attached hydrogen (secondary N) is 2. The van der Waals surface area contributed by atoms with Crippen molar-refractivity contribution in [2.45, 2.75) is 52.4 Å². The van der Waals surface area contributed by atoms with Crippen LogP contribution in [-0.4, -0.2) is 38.1 Å². The lowest BCUT2D eigenvalue weighted by Crippen LogP contribution is -2.24. The summed E-state index contributed by atoms with van der Waals surface area (Å²) < 4.78 is 22.7. The van der Waals surface area contributed by atoms with Gasteiger partial charge in [-0.1, -0.05) is 13.8 Å². The van der Waals surface area contributed by atoms with Crippen LogP contribution in [0.4, 0.5) is 0 Å². The molecule has 0 saturated heterocycles. The SMILES string of the molecule is CCCNC(=O)CCCOc1ccc2c3c(c(=O)oc2c1)=c1c(=O)oc2cc(OCCCC(=O)NCCC)ccc2c1=3. The van der Waals surface area contributed by atoms with Gasteiger partial charge < -0.3 is 28.9 Å². The molecule has 10 heteroatoms. The minimum Gasteiger partial charge on any atom is -0.493 e. The van der Waals surface area contributed by atoms with Crippen LogP contribution in [0.25, 0.3) is 21.9 Å². The molecule has 0 spiro atoms. The summed E-state index contributed by atoms with van der Waals surface area (Å²) in [4.78, 5) is 49.4. The van der Waals surface area contributed by atoms with E-state index in [0.29, 0.717) is 95.9 Å². The minimum atomic E-state index is -0.621. The van der Waals surface area contributed by atoms with E-state index in [0.717, 1.165) is 12.8 Å². The average Bonchev–Trinajstić information content (AvgIpc) is 2.96. The molecule has 0 saturated carbocycles. The third-order valence-electron chi connectivity index (χ3n) is 7.04. The number of hydrogen-bond acceptors (Lipinski definition) is 8. The summed E-state index contributed by atoms with van der Waals surface area (Å²) in [6.07, 6.45) is 3.61. The molecule has 10 nitrogen and oxygen atoms in total. The molecule has 1 aliphatic rings. The van der Waals surface area contributed by atoms with Crippen LogP contribution in [0.2, 0.25) is 0 Å². The maximum atomic E-state index is 12.9. The van der Waals surface area contributed by atoms with Gasteiger partial charge in [-0.15, -0.1) is 0 Å². The summed E-state index contributed by atoms with van der Waals surface area (Å²) in [6.45, 7) is 5.99. The van der Waals surface area contributed by atoms with Crippen molar-refractivity contribution >= 4 is 33.8 Å². The monoisotopic (exact) mass is 574 g/mol. The number of ether oxygens (including phenoxy) is 2. The second kappa shape index (κ2) is 12.9. The Balaban J connectivity index is 1.38. The number of carbonyl (C=O) groups is 2. The van der Waals surface area contributed by atoms with Gasteiger partial charge in [0, 0.05) is 59.3 Å². The highest BCUT2D eigenvalue weighted by Crippen LogP contribution is 2.28. The maximum Gasteiger partial charge on any atom is 0.345 e. The van der Waals surface area contributed by atoms with E-state index < -0.39 is 11.3 Å². The molecule has 0 unspecified atom stereocenters. The van der Waals surface area contributed by atoms with Gasteiger partial charge in [0.2, 0.25) is 11.8 Å². The van der Waals surface area contributed by atoms with Gasteiger partial charge in [-0.25, -0.2) is 9.59 Å². The predicted molar refractivity (Wildman–Crippen MR) is 156 cm³/mol. The van der Waals surface area contributed by atoms with Gasteiger partial charge in [0.05, 0.1) is 23.7 Å². The molecule has 2 heterocycles. The summed E-state index contributed by atoms with van der Waals surface area (Å²) in [5, 5.41) is 8.72. The molecule has 42 heavy (non-hydrogen) atoms. The Morgan fingerprint density at radius 3 is 1.50 bits per heavy atom.